The topological polar surface area (TPSA) is 64.3 Å². The highest BCUT2D eigenvalue weighted by Crippen LogP contribution is 2.35. The molecule has 1 aromatic carbocycles. The molecule has 0 spiro atoms. The average Bonchev–Trinajstić information content (AvgIpc) is 2.81. The van der Waals surface area contributed by atoms with Gasteiger partial charge in [-0.05, 0) is 43.4 Å². The van der Waals surface area contributed by atoms with Gasteiger partial charge in [-0.3, -0.25) is 4.79 Å². The van der Waals surface area contributed by atoms with Crippen molar-refractivity contribution in [3.8, 4) is 5.88 Å². The Hall–Kier alpha value is -2.44. The Morgan fingerprint density at radius 1 is 1.28 bits per heavy atom. The van der Waals surface area contributed by atoms with E-state index < -0.39 is 5.82 Å². The van der Waals surface area contributed by atoms with Crippen molar-refractivity contribution in [3.63, 3.8) is 0 Å². The lowest BCUT2D eigenvalue weighted by molar-refractivity contribution is 0.154. The maximum Gasteiger partial charge on any atom is 0.218 e. The molecule has 5 nitrogen and oxygen atoms in total. The third-order valence-corrected chi connectivity index (χ3v) is 6.86. The van der Waals surface area contributed by atoms with Gasteiger partial charge in [-0.1, -0.05) is 43.0 Å². The molecule has 1 atom stereocenters. The van der Waals surface area contributed by atoms with Crippen LogP contribution in [-0.2, 0) is 6.42 Å². The Morgan fingerprint density at radius 2 is 2.03 bits per heavy atom. The molecule has 3 aromatic rings. The summed E-state index contributed by atoms with van der Waals surface area (Å²) in [6.45, 7) is 1.75. The molecule has 1 N–H and O–H groups in total. The van der Waals surface area contributed by atoms with Crippen molar-refractivity contribution in [1.29, 1.82) is 0 Å². The van der Waals surface area contributed by atoms with Crippen LogP contribution in [0.2, 0.25) is 5.02 Å². The maximum absolute atomic E-state index is 14.5. The van der Waals surface area contributed by atoms with Crippen molar-refractivity contribution in [2.45, 2.75) is 51.5 Å². The van der Waals surface area contributed by atoms with E-state index in [4.69, 9.17) is 16.3 Å². The van der Waals surface area contributed by atoms with Crippen molar-refractivity contribution in [3.05, 3.63) is 68.2 Å². The molecule has 32 heavy (non-hydrogen) atoms. The third-order valence-electron chi connectivity index (χ3n) is 6.57. The van der Waals surface area contributed by atoms with Gasteiger partial charge in [-0.2, -0.15) is 4.98 Å². The van der Waals surface area contributed by atoms with E-state index in [0.29, 0.717) is 39.5 Å². The summed E-state index contributed by atoms with van der Waals surface area (Å²) >= 11 is 5.94. The molecular formula is C25H28ClFN2O3. The molecule has 2 heterocycles. The first-order chi connectivity index (χ1) is 15.4. The van der Waals surface area contributed by atoms with Crippen LogP contribution >= 0.6 is 11.6 Å². The van der Waals surface area contributed by atoms with Gasteiger partial charge in [0.05, 0.1) is 30.2 Å². The number of aryl methyl sites for hydroxylation is 1. The molecule has 1 aliphatic rings. The van der Waals surface area contributed by atoms with Gasteiger partial charge in [-0.15, -0.1) is 0 Å². The molecule has 7 heteroatoms. The second-order valence-corrected chi connectivity index (χ2v) is 9.02. The summed E-state index contributed by atoms with van der Waals surface area (Å²) in [6.07, 6.45) is 7.58. The maximum atomic E-state index is 14.5. The summed E-state index contributed by atoms with van der Waals surface area (Å²) in [6, 6.07) is 6.42. The molecule has 1 fully saturated rings. The Kier molecular flexibility index (Phi) is 6.82. The van der Waals surface area contributed by atoms with Gasteiger partial charge in [-0.25, -0.2) is 4.39 Å². The number of ether oxygens (including phenoxy) is 1. The molecule has 170 valence electrons. The van der Waals surface area contributed by atoms with E-state index in [0.717, 1.165) is 25.7 Å². The smallest absolute Gasteiger partial charge is 0.218 e. The van der Waals surface area contributed by atoms with E-state index in [1.807, 2.05) is 4.57 Å². The number of nitrogens with zero attached hydrogens (tertiary/aromatic N) is 2. The van der Waals surface area contributed by atoms with Gasteiger partial charge in [0.2, 0.25) is 5.88 Å². The Morgan fingerprint density at radius 3 is 2.72 bits per heavy atom. The molecule has 0 amide bonds. The number of hydrogen-bond acceptors (Lipinski definition) is 4. The average molecular weight is 459 g/mol. The normalized spacial score (nSPS) is 15.8. The lowest BCUT2D eigenvalue weighted by Crippen LogP contribution is -2.27. The van der Waals surface area contributed by atoms with Crippen molar-refractivity contribution in [2.75, 3.05) is 13.7 Å². The highest BCUT2D eigenvalue weighted by atomic mass is 35.5. The summed E-state index contributed by atoms with van der Waals surface area (Å²) in [5, 5.41) is 10.8. The SMILES string of the molecule is COc1nc2c(cc1Cc1cccc(Cl)c1F)c(=O)c(C)cn2[C@H](CO)C1CCCCC1. The van der Waals surface area contributed by atoms with Gasteiger partial charge >= 0.3 is 0 Å². The fourth-order valence-corrected chi connectivity index (χ4v) is 5.06. The number of aromatic nitrogens is 2. The van der Waals surface area contributed by atoms with Crippen LogP contribution in [0.15, 0.2) is 35.3 Å². The van der Waals surface area contributed by atoms with Crippen LogP contribution in [0.5, 0.6) is 5.88 Å². The third kappa shape index (κ3) is 4.26. The standard InChI is InChI=1S/C25H28ClFN2O3/c1-15-13-29(21(14-30)16-7-4-3-5-8-16)24-19(23(15)31)12-18(25(28-24)32-2)11-17-9-6-10-20(26)22(17)27/h6,9-10,12-13,16,21,30H,3-5,7-8,11,14H2,1-2H3/t21-/m1/s1. The van der Waals surface area contributed by atoms with E-state index in [2.05, 4.69) is 4.98 Å². The number of methoxy groups -OCH3 is 1. The van der Waals surface area contributed by atoms with Crippen LogP contribution in [0, 0.1) is 18.7 Å². The van der Waals surface area contributed by atoms with Crippen LogP contribution in [0.4, 0.5) is 4.39 Å². The second-order valence-electron chi connectivity index (χ2n) is 8.61. The highest BCUT2D eigenvalue weighted by molar-refractivity contribution is 6.30. The molecule has 0 aliphatic heterocycles. The summed E-state index contributed by atoms with van der Waals surface area (Å²) in [5.74, 6) is 0.164. The number of aliphatic hydroxyl groups is 1. The summed E-state index contributed by atoms with van der Waals surface area (Å²) < 4.78 is 22.0. The number of hydrogen-bond donors (Lipinski definition) is 1. The van der Waals surface area contributed by atoms with Gasteiger partial charge in [0.15, 0.2) is 5.43 Å². The Labute approximate surface area is 191 Å². The van der Waals surface area contributed by atoms with Gasteiger partial charge in [0.1, 0.15) is 11.5 Å². The zero-order valence-corrected chi connectivity index (χ0v) is 19.2. The van der Waals surface area contributed by atoms with Crippen LogP contribution < -0.4 is 10.2 Å². The lowest BCUT2D eigenvalue weighted by atomic mass is 9.84. The van der Waals surface area contributed by atoms with E-state index in [1.54, 1.807) is 31.3 Å². The minimum absolute atomic E-state index is 0.0262. The van der Waals surface area contributed by atoms with Gasteiger partial charge in [0, 0.05) is 23.7 Å². The zero-order chi connectivity index (χ0) is 22.8. The first-order valence-electron chi connectivity index (χ1n) is 11.1. The van der Waals surface area contributed by atoms with Crippen LogP contribution in [0.3, 0.4) is 0 Å². The lowest BCUT2D eigenvalue weighted by Gasteiger charge is -2.32. The van der Waals surface area contributed by atoms with Crippen LogP contribution in [0.1, 0.15) is 54.8 Å². The minimum atomic E-state index is -0.490. The fraction of sp³-hybridized carbons (Fsp3) is 0.440. The van der Waals surface area contributed by atoms with Gasteiger partial charge in [0.25, 0.3) is 0 Å². The number of halogens is 2. The molecule has 1 aliphatic carbocycles. The largest absolute Gasteiger partial charge is 0.481 e. The second kappa shape index (κ2) is 9.59. The van der Waals surface area contributed by atoms with E-state index in [1.165, 1.54) is 19.6 Å². The first kappa shape index (κ1) is 22.7. The van der Waals surface area contributed by atoms with E-state index in [9.17, 15) is 14.3 Å². The predicted octanol–water partition coefficient (Wildman–Crippen LogP) is 5.21. The molecule has 0 bridgehead atoms. The zero-order valence-electron chi connectivity index (χ0n) is 18.4. The molecular weight excluding hydrogens is 431 g/mol. The summed E-state index contributed by atoms with van der Waals surface area (Å²) in [4.78, 5) is 17.7. The minimum Gasteiger partial charge on any atom is -0.481 e. The first-order valence-corrected chi connectivity index (χ1v) is 11.5. The van der Waals surface area contributed by atoms with Crippen molar-refractivity contribution in [2.24, 2.45) is 5.92 Å². The van der Waals surface area contributed by atoms with Crippen LogP contribution in [-0.4, -0.2) is 28.4 Å². The van der Waals surface area contributed by atoms with Crippen molar-refractivity contribution >= 4 is 22.6 Å². The molecule has 4 rings (SSSR count). The fourth-order valence-electron chi connectivity index (χ4n) is 4.86. The number of fused-ring (bicyclic) bond motifs is 1. The highest BCUT2D eigenvalue weighted by Gasteiger charge is 2.27. The van der Waals surface area contributed by atoms with Crippen LogP contribution in [0.25, 0.3) is 11.0 Å². The number of aliphatic hydroxyl groups excluding tert-OH is 1. The molecule has 0 unspecified atom stereocenters. The Balaban J connectivity index is 1.87. The summed E-state index contributed by atoms with van der Waals surface area (Å²) in [7, 11) is 1.51. The van der Waals surface area contributed by atoms with E-state index in [-0.39, 0.29) is 29.5 Å². The molecule has 2 aromatic heterocycles. The molecule has 0 radical (unpaired) electrons. The number of pyridine rings is 2. The predicted molar refractivity (Wildman–Crippen MR) is 124 cm³/mol. The monoisotopic (exact) mass is 458 g/mol. The number of rotatable bonds is 6. The number of benzene rings is 1. The van der Waals surface area contributed by atoms with Crippen molar-refractivity contribution < 1.29 is 14.2 Å². The molecule has 0 saturated heterocycles. The van der Waals surface area contributed by atoms with Crippen molar-refractivity contribution in [1.82, 2.24) is 9.55 Å². The Bertz CT molecular complexity index is 1190. The quantitative estimate of drug-likeness (QED) is 0.550. The summed E-state index contributed by atoms with van der Waals surface area (Å²) in [5.41, 5.74) is 1.95. The molecule has 1 saturated carbocycles. The van der Waals surface area contributed by atoms with Gasteiger partial charge < -0.3 is 14.4 Å². The van der Waals surface area contributed by atoms with E-state index >= 15 is 0 Å².